The number of rotatable bonds is 2. The quantitative estimate of drug-likeness (QED) is 0.703. The molecule has 0 unspecified atom stereocenters. The third-order valence-electron chi connectivity index (χ3n) is 2.61. The molecule has 2 atom stereocenters. The first-order valence-electron chi connectivity index (χ1n) is 5.14. The van der Waals surface area contributed by atoms with Crippen LogP contribution in [0.15, 0.2) is 30.3 Å². The summed E-state index contributed by atoms with van der Waals surface area (Å²) >= 11 is 0. The van der Waals surface area contributed by atoms with Crippen molar-refractivity contribution in [3.8, 4) is 0 Å². The lowest BCUT2D eigenvalue weighted by molar-refractivity contribution is -0.0170. The minimum absolute atomic E-state index is 0.0705. The summed E-state index contributed by atoms with van der Waals surface area (Å²) in [5.74, 6) is 0. The fraction of sp³-hybridized carbons (Fsp3) is 0.500. The third-order valence-corrected chi connectivity index (χ3v) is 2.61. The molecule has 76 valence electrons. The van der Waals surface area contributed by atoms with Crippen LogP contribution in [0.3, 0.4) is 0 Å². The zero-order valence-electron chi connectivity index (χ0n) is 8.16. The molecular formula is C12H15FO. The lowest BCUT2D eigenvalue weighted by Crippen LogP contribution is -2.28. The van der Waals surface area contributed by atoms with E-state index in [-0.39, 0.29) is 6.10 Å². The van der Waals surface area contributed by atoms with Gasteiger partial charge < -0.3 is 4.74 Å². The molecule has 14 heavy (non-hydrogen) atoms. The predicted octanol–water partition coefficient (Wildman–Crippen LogP) is 2.75. The van der Waals surface area contributed by atoms with E-state index in [1.54, 1.807) is 0 Å². The fourth-order valence-electron chi connectivity index (χ4n) is 1.85. The molecule has 0 aliphatic carbocycles. The van der Waals surface area contributed by atoms with Crippen LogP contribution in [0.5, 0.6) is 0 Å². The van der Waals surface area contributed by atoms with E-state index in [1.807, 2.05) is 18.2 Å². The normalized spacial score (nSPS) is 27.5. The number of halogens is 1. The van der Waals surface area contributed by atoms with Crippen molar-refractivity contribution < 1.29 is 9.13 Å². The molecule has 1 fully saturated rings. The Morgan fingerprint density at radius 2 is 2.07 bits per heavy atom. The molecule has 0 spiro atoms. The van der Waals surface area contributed by atoms with Crippen LogP contribution in [-0.4, -0.2) is 18.9 Å². The van der Waals surface area contributed by atoms with Crippen LogP contribution in [0.4, 0.5) is 4.39 Å². The average Bonchev–Trinajstić information content (AvgIpc) is 2.19. The van der Waals surface area contributed by atoms with Gasteiger partial charge in [0, 0.05) is 19.4 Å². The van der Waals surface area contributed by atoms with Crippen molar-refractivity contribution in [2.75, 3.05) is 6.61 Å². The minimum atomic E-state index is -0.669. The maximum absolute atomic E-state index is 13.1. The lowest BCUT2D eigenvalue weighted by Gasteiger charge is -2.25. The van der Waals surface area contributed by atoms with Crippen molar-refractivity contribution in [2.45, 2.75) is 31.5 Å². The summed E-state index contributed by atoms with van der Waals surface area (Å²) < 4.78 is 18.6. The van der Waals surface area contributed by atoms with Gasteiger partial charge in [-0.1, -0.05) is 30.3 Å². The van der Waals surface area contributed by atoms with Gasteiger partial charge in [0.2, 0.25) is 0 Å². The fourth-order valence-corrected chi connectivity index (χ4v) is 1.85. The van der Waals surface area contributed by atoms with Gasteiger partial charge in [-0.25, -0.2) is 4.39 Å². The molecule has 0 N–H and O–H groups in total. The first kappa shape index (κ1) is 9.66. The Morgan fingerprint density at radius 3 is 2.79 bits per heavy atom. The molecule has 0 saturated carbocycles. The molecule has 1 aromatic carbocycles. The zero-order chi connectivity index (χ0) is 9.80. The van der Waals surface area contributed by atoms with Crippen molar-refractivity contribution >= 4 is 0 Å². The van der Waals surface area contributed by atoms with Crippen LogP contribution >= 0.6 is 0 Å². The Balaban J connectivity index is 1.91. The molecule has 1 aliphatic heterocycles. The van der Waals surface area contributed by atoms with Crippen LogP contribution in [0.25, 0.3) is 0 Å². The second kappa shape index (κ2) is 4.56. The Kier molecular flexibility index (Phi) is 3.14. The van der Waals surface area contributed by atoms with Gasteiger partial charge in [-0.15, -0.1) is 0 Å². The number of alkyl halides is 1. The highest BCUT2D eigenvalue weighted by Crippen LogP contribution is 2.19. The number of benzene rings is 1. The van der Waals surface area contributed by atoms with Crippen molar-refractivity contribution in [1.29, 1.82) is 0 Å². The minimum Gasteiger partial charge on any atom is -0.378 e. The summed E-state index contributed by atoms with van der Waals surface area (Å²) in [6, 6.07) is 10.1. The topological polar surface area (TPSA) is 9.23 Å². The van der Waals surface area contributed by atoms with E-state index in [0.29, 0.717) is 19.4 Å². The molecule has 0 aromatic heterocycles. The van der Waals surface area contributed by atoms with Gasteiger partial charge in [-0.3, -0.25) is 0 Å². The maximum atomic E-state index is 13.1. The molecule has 2 rings (SSSR count). The van der Waals surface area contributed by atoms with Crippen molar-refractivity contribution in [3.63, 3.8) is 0 Å². The SMILES string of the molecule is F[C@H]1CCO[C@H](Cc2ccccc2)C1. The van der Waals surface area contributed by atoms with Gasteiger partial charge in [0.25, 0.3) is 0 Å². The number of ether oxygens (including phenoxy) is 1. The monoisotopic (exact) mass is 194 g/mol. The molecule has 1 saturated heterocycles. The second-order valence-corrected chi connectivity index (χ2v) is 3.80. The molecular weight excluding hydrogens is 179 g/mol. The van der Waals surface area contributed by atoms with E-state index in [0.717, 1.165) is 6.42 Å². The van der Waals surface area contributed by atoms with E-state index in [2.05, 4.69) is 12.1 Å². The molecule has 0 radical (unpaired) electrons. The highest BCUT2D eigenvalue weighted by Gasteiger charge is 2.21. The number of hydrogen-bond donors (Lipinski definition) is 0. The van der Waals surface area contributed by atoms with E-state index < -0.39 is 6.17 Å². The Labute approximate surface area is 83.9 Å². The average molecular weight is 194 g/mol. The van der Waals surface area contributed by atoms with Gasteiger partial charge in [-0.05, 0) is 12.0 Å². The lowest BCUT2D eigenvalue weighted by atomic mass is 10.0. The molecule has 0 bridgehead atoms. The smallest absolute Gasteiger partial charge is 0.105 e. The van der Waals surface area contributed by atoms with Crippen LogP contribution in [0.2, 0.25) is 0 Å². The highest BCUT2D eigenvalue weighted by molar-refractivity contribution is 5.15. The maximum Gasteiger partial charge on any atom is 0.105 e. The Morgan fingerprint density at radius 1 is 1.29 bits per heavy atom. The third kappa shape index (κ3) is 2.55. The van der Waals surface area contributed by atoms with E-state index >= 15 is 0 Å². The van der Waals surface area contributed by atoms with E-state index in [4.69, 9.17) is 4.74 Å². The highest BCUT2D eigenvalue weighted by atomic mass is 19.1. The number of hydrogen-bond acceptors (Lipinski definition) is 1. The summed E-state index contributed by atoms with van der Waals surface area (Å²) in [7, 11) is 0. The van der Waals surface area contributed by atoms with Crippen LogP contribution in [0.1, 0.15) is 18.4 Å². The summed E-state index contributed by atoms with van der Waals surface area (Å²) in [4.78, 5) is 0. The van der Waals surface area contributed by atoms with Gasteiger partial charge in [-0.2, -0.15) is 0 Å². The Bertz CT molecular complexity index is 273. The molecule has 1 nitrogen and oxygen atoms in total. The Hall–Kier alpha value is -0.890. The zero-order valence-corrected chi connectivity index (χ0v) is 8.16. The van der Waals surface area contributed by atoms with Gasteiger partial charge in [0.1, 0.15) is 6.17 Å². The second-order valence-electron chi connectivity index (χ2n) is 3.80. The van der Waals surface area contributed by atoms with Crippen LogP contribution in [0, 0.1) is 0 Å². The van der Waals surface area contributed by atoms with Gasteiger partial charge in [0.15, 0.2) is 0 Å². The largest absolute Gasteiger partial charge is 0.378 e. The van der Waals surface area contributed by atoms with Crippen LogP contribution in [-0.2, 0) is 11.2 Å². The molecule has 1 heterocycles. The molecule has 0 amide bonds. The van der Waals surface area contributed by atoms with Gasteiger partial charge in [0.05, 0.1) is 6.10 Å². The summed E-state index contributed by atoms with van der Waals surface area (Å²) in [6.07, 6.45) is 1.35. The van der Waals surface area contributed by atoms with Crippen LogP contribution < -0.4 is 0 Å². The molecule has 1 aliphatic rings. The summed E-state index contributed by atoms with van der Waals surface area (Å²) in [5, 5.41) is 0. The van der Waals surface area contributed by atoms with Crippen molar-refractivity contribution in [2.24, 2.45) is 0 Å². The van der Waals surface area contributed by atoms with Crippen molar-refractivity contribution in [3.05, 3.63) is 35.9 Å². The molecule has 1 aromatic rings. The van der Waals surface area contributed by atoms with E-state index in [1.165, 1.54) is 5.56 Å². The van der Waals surface area contributed by atoms with Gasteiger partial charge >= 0.3 is 0 Å². The van der Waals surface area contributed by atoms with Crippen molar-refractivity contribution in [1.82, 2.24) is 0 Å². The predicted molar refractivity (Wildman–Crippen MR) is 54.0 cm³/mol. The standard InChI is InChI=1S/C12H15FO/c13-11-6-7-14-12(9-11)8-10-4-2-1-3-5-10/h1-5,11-12H,6-9H2/t11-,12+/m0/s1. The van der Waals surface area contributed by atoms with E-state index in [9.17, 15) is 4.39 Å². The molecule has 2 heteroatoms. The summed E-state index contributed by atoms with van der Waals surface area (Å²) in [6.45, 7) is 0.568. The summed E-state index contributed by atoms with van der Waals surface area (Å²) in [5.41, 5.74) is 1.23. The first-order valence-corrected chi connectivity index (χ1v) is 5.14. The first-order chi connectivity index (χ1) is 6.84.